The fourth-order valence-electron chi connectivity index (χ4n) is 13.8. The minimum atomic E-state index is -4.85. The Morgan fingerprint density at radius 3 is 1.22 bits per heavy atom. The van der Waals surface area contributed by atoms with Crippen molar-refractivity contribution in [1.29, 1.82) is 0 Å². The number of anilines is 1. The Hall–Kier alpha value is -5.38. The predicted molar refractivity (Wildman–Crippen MR) is 501 cm³/mol. The van der Waals surface area contributed by atoms with Gasteiger partial charge in [-0.05, 0) is 94.8 Å². The van der Waals surface area contributed by atoms with Crippen LogP contribution in [0.5, 0.6) is 0 Å². The maximum atomic E-state index is 12.9. The van der Waals surface area contributed by atoms with Crippen molar-refractivity contribution in [1.82, 2.24) is 10.4 Å². The molecule has 45 heteroatoms. The molecular formula is C93H154N4O38S3-2. The van der Waals surface area contributed by atoms with Crippen molar-refractivity contribution >= 4 is 75.0 Å². The third kappa shape index (κ3) is 58.5. The van der Waals surface area contributed by atoms with Crippen LogP contribution in [0.2, 0.25) is 0 Å². The van der Waals surface area contributed by atoms with Gasteiger partial charge in [0.2, 0.25) is 11.6 Å². The number of fused-ring (bicyclic) bond motifs is 2. The fourth-order valence-corrected chi connectivity index (χ4v) is 15.0. The van der Waals surface area contributed by atoms with Crippen LogP contribution in [0.4, 0.5) is 11.4 Å². The van der Waals surface area contributed by atoms with E-state index in [1.54, 1.807) is 13.2 Å². The van der Waals surface area contributed by atoms with E-state index in [-0.39, 0.29) is 37.5 Å². The lowest BCUT2D eigenvalue weighted by atomic mass is 9.77. The Kier molecular flexibility index (Phi) is 75.9. The number of ether oxygens (including phenoxy) is 24. The zero-order valence-electron chi connectivity index (χ0n) is 80.5. The van der Waals surface area contributed by atoms with E-state index >= 15 is 0 Å². The quantitative estimate of drug-likeness (QED) is 0.0114. The third-order valence-corrected chi connectivity index (χ3v) is 22.7. The van der Waals surface area contributed by atoms with E-state index in [0.717, 1.165) is 59.6 Å². The molecular weight excluding hydrogens is 1880 g/mol. The van der Waals surface area contributed by atoms with Crippen LogP contribution >= 0.6 is 24.1 Å². The second kappa shape index (κ2) is 83.9. The maximum Gasteiger partial charge on any atom is 0.333 e. The van der Waals surface area contributed by atoms with Gasteiger partial charge in [0.1, 0.15) is 16.7 Å². The molecule has 1 unspecified atom stereocenters. The van der Waals surface area contributed by atoms with Gasteiger partial charge in [0.25, 0.3) is 11.8 Å². The number of nitrogens with zero attached hydrogens (tertiary/aromatic N) is 3. The number of imide groups is 1. The van der Waals surface area contributed by atoms with Gasteiger partial charge in [0.05, 0.1) is 333 Å². The maximum absolute atomic E-state index is 12.9. The molecule has 0 radical (unpaired) electrons. The summed E-state index contributed by atoms with van der Waals surface area (Å²) in [7, 11) is -3.21. The summed E-state index contributed by atoms with van der Waals surface area (Å²) >= 11 is 1.65. The van der Waals surface area contributed by atoms with E-state index in [2.05, 4.69) is 42.5 Å². The molecule has 0 aromatic heterocycles. The highest BCUT2D eigenvalue weighted by atomic mass is 32.2. The molecule has 3 amide bonds. The molecule has 3 aliphatic rings. The highest BCUT2D eigenvalue weighted by molar-refractivity contribution is 7.94. The van der Waals surface area contributed by atoms with Gasteiger partial charge < -0.3 is 144 Å². The van der Waals surface area contributed by atoms with Crippen LogP contribution in [0.1, 0.15) is 116 Å². The van der Waals surface area contributed by atoms with Crippen molar-refractivity contribution in [2.75, 3.05) is 348 Å². The molecule has 0 bridgehead atoms. The molecule has 42 nitrogen and oxygen atoms in total. The van der Waals surface area contributed by atoms with Crippen molar-refractivity contribution in [3.8, 4) is 0 Å². The van der Waals surface area contributed by atoms with Gasteiger partial charge in [0.15, 0.2) is 5.71 Å². The van der Waals surface area contributed by atoms with Gasteiger partial charge >= 0.3 is 5.97 Å². The molecule has 3 heterocycles. The smallest absolute Gasteiger partial charge is 0.333 e. The molecule has 1 atom stereocenters. The summed E-state index contributed by atoms with van der Waals surface area (Å²) in [5.74, 6) is -1.55. The lowest BCUT2D eigenvalue weighted by Gasteiger charge is -2.30. The van der Waals surface area contributed by atoms with E-state index in [4.69, 9.17) is 119 Å². The summed E-state index contributed by atoms with van der Waals surface area (Å²) in [6.07, 6.45) is 14.6. The Bertz CT molecular complexity index is 3660. The molecule has 3 aliphatic heterocycles. The van der Waals surface area contributed by atoms with Gasteiger partial charge in [-0.15, -0.1) is 5.06 Å². The molecule has 1 N–H and O–H groups in total. The molecule has 1 saturated heterocycles. The Balaban J connectivity index is 0.0000398. The number of allylic oxidation sites excluding steroid dienone is 6. The average Bonchev–Trinajstić information content (AvgIpc) is 1.58. The number of nitrogens with one attached hydrogen (secondary N) is 1. The number of amides is 3. The first-order chi connectivity index (χ1) is 67.1. The molecule has 0 spiro atoms. The SMILES string of the molecule is C.COCCOCCOCCOCCOCCOCCOCCOCCOCCOCCOCCOCCOCCOCCOCCOCCOCCOCCOCCOCCOCCOCCOCCOCCNC(=O)CCCCC[N+]1=C(C=CC=CC=C2N(CCCSOO[O-])c3ccc(S(=O)(=O)[O-])cc3C2(C)CCCCCC(=O)ON2C(=O)CCC2=O)C(C)(C)c2cc(SOO[O-])ccc21. The molecule has 1 fully saturated rings. The molecule has 5 rings (SSSR count). The fraction of sp³-hybridized carbons (Fsp3) is 0.753. The van der Waals surface area contributed by atoms with Crippen LogP contribution in [0.15, 0.2) is 82.3 Å². The zero-order valence-corrected chi connectivity index (χ0v) is 82.9. The standard InChI is InChI=1S/C92H152N4O38S3.CH4/c1-91(2)81-77-79(136-134-132-102)19-21-83(81)94(85(91)15-8-5-9-16-86-92(3,25-12-6-11-18-90(100)130-96-88(98)23-24-89(96)99)82-78-80(137(103,104)105)20-22-84(82)95(86)28-14-76-135-133-131-101)27-13-7-10-17-87(97)93-26-29-107-32-33-109-36-37-111-40-41-113-44-45-115-48-49-117-52-53-119-56-57-121-60-61-123-64-65-125-68-69-127-72-73-129-75-74-128-71-70-126-67-66-124-63-62-122-59-58-120-55-54-118-51-50-116-47-46-114-43-42-112-39-38-110-35-34-108-31-30-106-4;/h5,8-9,15-16,19-22,77-78H,6-7,10-14,17-18,23-76H2,1-4H3,(H3-,93,97,101,102,103,104,105);1H4/p-2. The van der Waals surface area contributed by atoms with Crippen LogP contribution in [-0.4, -0.2) is 395 Å². The molecule has 0 saturated carbocycles. The summed E-state index contributed by atoms with van der Waals surface area (Å²) in [6.45, 7) is 29.4. The second-order valence-electron chi connectivity index (χ2n) is 31.1. The summed E-state index contributed by atoms with van der Waals surface area (Å²) in [5, 5.41) is 32.0. The molecule has 2 aromatic carbocycles. The van der Waals surface area contributed by atoms with Crippen molar-refractivity contribution < 1.29 is 185 Å². The van der Waals surface area contributed by atoms with Crippen molar-refractivity contribution in [3.63, 3.8) is 0 Å². The Morgan fingerprint density at radius 2 is 0.833 bits per heavy atom. The number of benzene rings is 2. The van der Waals surface area contributed by atoms with E-state index in [1.807, 2.05) is 60.4 Å². The number of carbonyl (C=O) groups is 4. The Morgan fingerprint density at radius 1 is 0.449 bits per heavy atom. The topological polar surface area (TPSA) is 461 Å². The van der Waals surface area contributed by atoms with Crippen LogP contribution in [0, 0.1) is 0 Å². The first kappa shape index (κ1) is 125. The Labute approximate surface area is 823 Å². The first-order valence-corrected chi connectivity index (χ1v) is 50.2. The van der Waals surface area contributed by atoms with Crippen molar-refractivity contribution in [3.05, 3.63) is 83.6 Å². The molecule has 794 valence electrons. The highest BCUT2D eigenvalue weighted by Crippen LogP contribution is 2.52. The van der Waals surface area contributed by atoms with Crippen LogP contribution in [-0.2, 0) is 177 Å². The molecule has 0 aliphatic carbocycles. The average molecular weight is 2030 g/mol. The van der Waals surface area contributed by atoms with Crippen LogP contribution in [0.25, 0.3) is 0 Å². The molecule has 138 heavy (non-hydrogen) atoms. The van der Waals surface area contributed by atoms with Crippen molar-refractivity contribution in [2.24, 2.45) is 0 Å². The van der Waals surface area contributed by atoms with Gasteiger partial charge in [0, 0.05) is 109 Å². The number of hydroxylamine groups is 2. The number of hydrogen-bond donors (Lipinski definition) is 1. The number of methoxy groups -OCH3 is 1. The highest BCUT2D eigenvalue weighted by Gasteiger charge is 2.46. The summed E-state index contributed by atoms with van der Waals surface area (Å²) < 4.78 is 181. The van der Waals surface area contributed by atoms with Crippen LogP contribution in [0.3, 0.4) is 0 Å². The second-order valence-corrected chi connectivity index (χ2v) is 34.1. The summed E-state index contributed by atoms with van der Waals surface area (Å²) in [6, 6.07) is 10.1. The van der Waals surface area contributed by atoms with Crippen LogP contribution < -0.4 is 20.7 Å². The monoisotopic (exact) mass is 2030 g/mol. The van der Waals surface area contributed by atoms with E-state index in [9.17, 15) is 42.7 Å². The van der Waals surface area contributed by atoms with Gasteiger partial charge in [-0.3, -0.25) is 24.5 Å². The van der Waals surface area contributed by atoms with Gasteiger partial charge in [-0.2, -0.15) is 13.2 Å². The zero-order chi connectivity index (χ0) is 98.1. The number of rotatable bonds is 98. The van der Waals surface area contributed by atoms with E-state index in [0.29, 0.717) is 402 Å². The lowest BCUT2D eigenvalue weighted by Crippen LogP contribution is -2.32. The van der Waals surface area contributed by atoms with Gasteiger partial charge in [-0.1, -0.05) is 38.5 Å². The minimum Gasteiger partial charge on any atom is -0.744 e. The van der Waals surface area contributed by atoms with Gasteiger partial charge in [-0.25, -0.2) is 13.2 Å². The van der Waals surface area contributed by atoms with E-state index < -0.39 is 38.7 Å². The minimum absolute atomic E-state index is 0. The summed E-state index contributed by atoms with van der Waals surface area (Å²) in [4.78, 5) is 56.9. The third-order valence-electron chi connectivity index (χ3n) is 20.7. The number of hydrogen-bond acceptors (Lipinski definition) is 41. The number of carbonyl (C=O) groups excluding carboxylic acids is 4. The number of unbranched alkanes of at least 4 members (excludes halogenated alkanes) is 4. The lowest BCUT2D eigenvalue weighted by molar-refractivity contribution is -0.777. The predicted octanol–water partition coefficient (Wildman–Crippen LogP) is 6.13. The van der Waals surface area contributed by atoms with Crippen molar-refractivity contribution in [2.45, 2.75) is 126 Å². The van der Waals surface area contributed by atoms with E-state index in [1.165, 1.54) is 12.1 Å². The molecule has 2 aromatic rings. The largest absolute Gasteiger partial charge is 0.744 e. The normalized spacial score (nSPS) is 15.1. The first-order valence-electron chi connectivity index (χ1n) is 47.1. The summed E-state index contributed by atoms with van der Waals surface area (Å²) in [5.41, 5.74) is 3.68.